The monoisotopic (exact) mass is 888 g/mol. The number of halogens is 1. The van der Waals surface area contributed by atoms with Crippen LogP contribution < -0.4 is 10.2 Å². The van der Waals surface area contributed by atoms with Gasteiger partial charge in [0.1, 0.15) is 11.5 Å². The number of rotatable bonds is 5. The molecule has 14 nitrogen and oxygen atoms in total. The first-order valence-corrected chi connectivity index (χ1v) is 22.1. The van der Waals surface area contributed by atoms with Gasteiger partial charge in [-0.1, -0.05) is 34.6 Å². The predicted octanol–water partition coefficient (Wildman–Crippen LogP) is 10.6. The van der Waals surface area contributed by atoms with Crippen LogP contribution in [-0.4, -0.2) is 107 Å². The van der Waals surface area contributed by atoms with Crippen molar-refractivity contribution in [2.24, 2.45) is 0 Å². The minimum absolute atomic E-state index is 0.330. The highest BCUT2D eigenvalue weighted by molar-refractivity contribution is 6.29. The molecule has 2 saturated heterocycles. The number of imidazole rings is 2. The molecule has 332 valence electrons. The quantitative estimate of drug-likeness (QED) is 0.143. The van der Waals surface area contributed by atoms with Crippen molar-refractivity contribution >= 4 is 51.0 Å². The maximum Gasteiger partial charge on any atom is 0.203 e. The molecule has 0 spiro atoms. The molecule has 0 aliphatic carbocycles. The van der Waals surface area contributed by atoms with Crippen LogP contribution in [0.3, 0.4) is 0 Å². The number of nitrogens with zero attached hydrogens (tertiary/aromatic N) is 9. The second-order valence-corrected chi connectivity index (χ2v) is 17.2. The fourth-order valence-corrected chi connectivity index (χ4v) is 8.75. The van der Waals surface area contributed by atoms with Crippen LogP contribution in [0.2, 0.25) is 5.28 Å². The molecule has 4 aromatic heterocycles. The van der Waals surface area contributed by atoms with Crippen molar-refractivity contribution in [3.8, 4) is 44.5 Å². The number of anilines is 1. The van der Waals surface area contributed by atoms with Crippen LogP contribution in [0.5, 0.6) is 0 Å². The van der Waals surface area contributed by atoms with Crippen LogP contribution >= 0.6 is 11.6 Å². The van der Waals surface area contributed by atoms with Gasteiger partial charge in [-0.05, 0) is 137 Å². The Bertz CT molecular complexity index is 3060. The van der Waals surface area contributed by atoms with E-state index in [-0.39, 0.29) is 0 Å². The molecule has 15 heteroatoms. The van der Waals surface area contributed by atoms with E-state index < -0.39 is 0 Å². The second kappa shape index (κ2) is 19.1. The summed E-state index contributed by atoms with van der Waals surface area (Å²) in [7, 11) is 4.30. The van der Waals surface area contributed by atoms with E-state index in [2.05, 4.69) is 94.2 Å². The molecular weight excluding hydrogens is 836 g/mol. The van der Waals surface area contributed by atoms with Crippen molar-refractivity contribution in [1.82, 2.24) is 45.4 Å². The molecule has 6 heterocycles. The minimum atomic E-state index is 0.330. The molecule has 0 unspecified atom stereocenters. The van der Waals surface area contributed by atoms with Crippen molar-refractivity contribution in [2.75, 3.05) is 71.4 Å². The number of aromatic amines is 2. The lowest BCUT2D eigenvalue weighted by Gasteiger charge is -2.32. The Balaban J connectivity index is 0.000000156. The molecule has 0 saturated carbocycles. The summed E-state index contributed by atoms with van der Waals surface area (Å²) in [5.41, 5.74) is 16.4. The van der Waals surface area contributed by atoms with Gasteiger partial charge in [0.25, 0.3) is 0 Å². The number of likely N-dealkylation sites (N-methyl/N-ethyl adjacent to an activating group) is 2. The summed E-state index contributed by atoms with van der Waals surface area (Å²) in [4.78, 5) is 30.3. The fraction of sp³-hybridized carbons (Fsp3) is 0.320. The molecule has 4 aromatic carbocycles. The van der Waals surface area contributed by atoms with Gasteiger partial charge in [-0.3, -0.25) is 0 Å². The summed E-state index contributed by atoms with van der Waals surface area (Å²) in [5, 5.41) is 11.8. The number of benzene rings is 4. The molecule has 10 rings (SSSR count). The number of hydrogen-bond donors (Lipinski definition) is 3. The molecule has 0 amide bonds. The maximum atomic E-state index is 7.47. The Kier molecular flexibility index (Phi) is 13.2. The number of hydrogen-bond acceptors (Lipinski definition) is 10. The first kappa shape index (κ1) is 44.8. The number of aryl methyl sites for hydroxylation is 6. The lowest BCUT2D eigenvalue weighted by molar-refractivity contribution is 0.291. The van der Waals surface area contributed by atoms with E-state index in [1.165, 1.54) is 13.1 Å². The van der Waals surface area contributed by atoms with E-state index in [1.54, 1.807) is 0 Å². The average Bonchev–Trinajstić information content (AvgIpc) is 4.08. The van der Waals surface area contributed by atoms with Gasteiger partial charge >= 0.3 is 0 Å². The number of aromatic nitrogens is 6. The van der Waals surface area contributed by atoms with Gasteiger partial charge in [0.05, 0.1) is 46.6 Å². The molecule has 2 aliphatic heterocycles. The topological polar surface area (TPSA) is 140 Å². The largest absolute Gasteiger partial charge is 0.361 e. The SMILES string of the molecule is CN1CCNCC1.[C-]#[N+]c1ccc(C)c(-c2cc(-c3c(C)noc3C)cc3[nH]c(Cl)nc23)c1.[C-]#[N+]c1ccc(C)c(-c2cc(-c3c(C)noc3C)cc3[nH]c(N4CCN(C)CC4)nc23)c1. The molecule has 2 fully saturated rings. The summed E-state index contributed by atoms with van der Waals surface area (Å²) < 4.78 is 10.8. The summed E-state index contributed by atoms with van der Waals surface area (Å²) in [5.74, 6) is 2.44. The Morgan fingerprint density at radius 1 is 0.585 bits per heavy atom. The predicted molar refractivity (Wildman–Crippen MR) is 260 cm³/mol. The zero-order chi connectivity index (χ0) is 45.9. The van der Waals surface area contributed by atoms with Crippen LogP contribution in [-0.2, 0) is 0 Å². The number of fused-ring (bicyclic) bond motifs is 2. The van der Waals surface area contributed by atoms with Crippen molar-refractivity contribution < 1.29 is 9.05 Å². The molecule has 3 N–H and O–H groups in total. The molecule has 65 heavy (non-hydrogen) atoms. The zero-order valence-corrected chi connectivity index (χ0v) is 38.9. The third kappa shape index (κ3) is 9.53. The average molecular weight is 890 g/mol. The van der Waals surface area contributed by atoms with Crippen molar-refractivity contribution in [2.45, 2.75) is 41.5 Å². The first-order valence-electron chi connectivity index (χ1n) is 21.7. The van der Waals surface area contributed by atoms with E-state index in [9.17, 15) is 0 Å². The van der Waals surface area contributed by atoms with Gasteiger partial charge in [-0.25, -0.2) is 19.7 Å². The smallest absolute Gasteiger partial charge is 0.203 e. The Morgan fingerprint density at radius 3 is 1.51 bits per heavy atom. The Labute approximate surface area is 384 Å². The lowest BCUT2D eigenvalue weighted by Crippen LogP contribution is -2.44. The summed E-state index contributed by atoms with van der Waals surface area (Å²) in [6.07, 6.45) is 0. The number of nitrogens with one attached hydrogen (secondary N) is 3. The summed E-state index contributed by atoms with van der Waals surface area (Å²) >= 11 is 6.13. The molecular formula is C50H53ClN12O2. The van der Waals surface area contributed by atoms with E-state index in [0.717, 1.165) is 146 Å². The van der Waals surface area contributed by atoms with E-state index in [4.69, 9.17) is 38.8 Å². The molecule has 2 aliphatic rings. The Hall–Kier alpha value is -6.81. The van der Waals surface area contributed by atoms with Gasteiger partial charge in [0, 0.05) is 74.6 Å². The Morgan fingerprint density at radius 2 is 1.06 bits per heavy atom. The number of piperazine rings is 2. The highest BCUT2D eigenvalue weighted by Gasteiger charge is 2.23. The van der Waals surface area contributed by atoms with E-state index >= 15 is 0 Å². The second-order valence-electron chi connectivity index (χ2n) is 16.9. The van der Waals surface area contributed by atoms with E-state index in [1.807, 2.05) is 77.1 Å². The fourth-order valence-electron chi connectivity index (χ4n) is 8.57. The van der Waals surface area contributed by atoms with Gasteiger partial charge < -0.3 is 39.0 Å². The molecule has 0 radical (unpaired) electrons. The van der Waals surface area contributed by atoms with Crippen LogP contribution in [0.25, 0.3) is 76.3 Å². The highest BCUT2D eigenvalue weighted by atomic mass is 35.5. The molecule has 0 atom stereocenters. The van der Waals surface area contributed by atoms with Gasteiger partial charge in [-0.2, -0.15) is 0 Å². The highest BCUT2D eigenvalue weighted by Crippen LogP contribution is 2.40. The maximum absolute atomic E-state index is 7.47. The van der Waals surface area contributed by atoms with Gasteiger partial charge in [-0.15, -0.1) is 0 Å². The van der Waals surface area contributed by atoms with Crippen molar-refractivity contribution in [3.05, 3.63) is 123 Å². The van der Waals surface area contributed by atoms with Crippen molar-refractivity contribution in [1.29, 1.82) is 0 Å². The van der Waals surface area contributed by atoms with Gasteiger partial charge in [0.15, 0.2) is 11.4 Å². The third-order valence-corrected chi connectivity index (χ3v) is 12.4. The third-order valence-electron chi connectivity index (χ3n) is 12.2. The normalized spacial score (nSPS) is 14.4. The van der Waals surface area contributed by atoms with Crippen molar-refractivity contribution in [3.63, 3.8) is 0 Å². The minimum Gasteiger partial charge on any atom is -0.361 e. The summed E-state index contributed by atoms with van der Waals surface area (Å²) in [6.45, 7) is 35.2. The van der Waals surface area contributed by atoms with Crippen LogP contribution in [0.15, 0.2) is 69.7 Å². The van der Waals surface area contributed by atoms with Crippen LogP contribution in [0.1, 0.15) is 34.0 Å². The lowest BCUT2D eigenvalue weighted by atomic mass is 9.94. The van der Waals surface area contributed by atoms with Crippen LogP contribution in [0, 0.1) is 54.7 Å². The zero-order valence-electron chi connectivity index (χ0n) is 38.1. The molecule has 0 bridgehead atoms. The molecule has 8 aromatic rings. The van der Waals surface area contributed by atoms with Gasteiger partial charge in [0.2, 0.25) is 11.2 Å². The standard InChI is InChI=1S/C25H26N6O.C20H15ClN4O.C5H12N2/c1-15-6-7-19(26-4)14-20(15)21-12-18(23-16(2)29-32-17(23)3)13-22-24(21)28-25(27-22)31-10-8-30(5)9-11-31;1-10-5-6-14(22-4)9-15(10)16-7-13(18-11(2)25-26-12(18)3)8-17-19(16)24-20(21)23-17;1-7-4-2-6-3-5-7/h6-7,12-14H,8-11H2,1-3,5H3,(H,27,28);5-9H,1-3H3,(H,23,24);6H,2-5H2,1H3. The summed E-state index contributed by atoms with van der Waals surface area (Å²) in [6, 6.07) is 19.8. The van der Waals surface area contributed by atoms with E-state index in [0.29, 0.717) is 16.7 Å². The first-order chi connectivity index (χ1) is 31.3. The van der Waals surface area contributed by atoms with Crippen LogP contribution in [0.4, 0.5) is 17.3 Å². The number of H-pyrrole nitrogens is 2.